The minimum absolute atomic E-state index is 0.0702. The summed E-state index contributed by atoms with van der Waals surface area (Å²) < 4.78 is 26.6. The fourth-order valence-electron chi connectivity index (χ4n) is 3.07. The number of carbonyl (C=O) groups excluding carboxylic acids is 1. The van der Waals surface area contributed by atoms with Crippen LogP contribution in [-0.2, 0) is 10.0 Å². The number of hydrogen-bond donors (Lipinski definition) is 1. The van der Waals surface area contributed by atoms with Gasteiger partial charge in [-0.3, -0.25) is 4.79 Å². The van der Waals surface area contributed by atoms with Crippen molar-refractivity contribution in [3.63, 3.8) is 0 Å². The van der Waals surface area contributed by atoms with Gasteiger partial charge in [0.2, 0.25) is 10.0 Å². The number of amides is 1. The molecule has 1 aromatic carbocycles. The maximum Gasteiger partial charge on any atom is 0.252 e. The standard InChI is InChI=1S/C19H30ClN3O3S/c1-15(2)22(3)27(25,26)16-8-9-18(20)17(14-16)19(24)21-10-13-23-11-6-4-5-7-12-23/h8-9,14-15H,4-7,10-13H2,1-3H3,(H,21,24). The average Bonchev–Trinajstić information content (AvgIpc) is 2.89. The molecule has 0 atom stereocenters. The van der Waals surface area contributed by atoms with E-state index in [9.17, 15) is 13.2 Å². The molecule has 27 heavy (non-hydrogen) atoms. The van der Waals surface area contributed by atoms with Crippen LogP contribution in [0.15, 0.2) is 23.1 Å². The molecule has 1 saturated heterocycles. The third-order valence-electron chi connectivity index (χ3n) is 5.00. The molecule has 1 amide bonds. The Labute approximate surface area is 167 Å². The number of likely N-dealkylation sites (tertiary alicyclic amines) is 1. The highest BCUT2D eigenvalue weighted by atomic mass is 35.5. The van der Waals surface area contributed by atoms with Crippen molar-refractivity contribution < 1.29 is 13.2 Å². The number of sulfonamides is 1. The largest absolute Gasteiger partial charge is 0.351 e. The molecule has 1 aliphatic heterocycles. The minimum atomic E-state index is -3.67. The summed E-state index contributed by atoms with van der Waals surface area (Å²) in [7, 11) is -2.14. The van der Waals surface area contributed by atoms with E-state index in [4.69, 9.17) is 11.6 Å². The molecule has 152 valence electrons. The first-order valence-electron chi connectivity index (χ1n) is 9.51. The molecule has 2 rings (SSSR count). The molecule has 0 bridgehead atoms. The lowest BCUT2D eigenvalue weighted by atomic mass is 10.2. The zero-order chi connectivity index (χ0) is 20.0. The van der Waals surface area contributed by atoms with Crippen LogP contribution in [0.5, 0.6) is 0 Å². The van der Waals surface area contributed by atoms with Gasteiger partial charge in [0.15, 0.2) is 0 Å². The average molecular weight is 416 g/mol. The highest BCUT2D eigenvalue weighted by molar-refractivity contribution is 7.89. The fourth-order valence-corrected chi connectivity index (χ4v) is 4.66. The van der Waals surface area contributed by atoms with Gasteiger partial charge in [-0.25, -0.2) is 8.42 Å². The molecule has 0 aromatic heterocycles. The molecule has 1 aromatic rings. The predicted octanol–water partition coefficient (Wildman–Crippen LogP) is 2.97. The first-order chi connectivity index (χ1) is 12.7. The van der Waals surface area contributed by atoms with E-state index in [0.717, 1.165) is 19.6 Å². The summed E-state index contributed by atoms with van der Waals surface area (Å²) in [6.07, 6.45) is 4.93. The van der Waals surface area contributed by atoms with Gasteiger partial charge in [0, 0.05) is 26.2 Å². The van der Waals surface area contributed by atoms with Crippen molar-refractivity contribution in [1.29, 1.82) is 0 Å². The summed E-state index contributed by atoms with van der Waals surface area (Å²) in [4.78, 5) is 15.0. The molecular weight excluding hydrogens is 386 g/mol. The van der Waals surface area contributed by atoms with Crippen LogP contribution in [0.2, 0.25) is 5.02 Å². The maximum absolute atomic E-state index is 12.7. The van der Waals surface area contributed by atoms with E-state index < -0.39 is 10.0 Å². The smallest absolute Gasteiger partial charge is 0.252 e. The van der Waals surface area contributed by atoms with Gasteiger partial charge in [-0.15, -0.1) is 0 Å². The van der Waals surface area contributed by atoms with Crippen LogP contribution in [-0.4, -0.2) is 62.8 Å². The van der Waals surface area contributed by atoms with Crippen LogP contribution in [0.3, 0.4) is 0 Å². The molecule has 0 saturated carbocycles. The topological polar surface area (TPSA) is 69.7 Å². The molecule has 0 radical (unpaired) electrons. The summed E-state index contributed by atoms with van der Waals surface area (Å²) in [6, 6.07) is 4.07. The molecule has 1 fully saturated rings. The van der Waals surface area contributed by atoms with Crippen LogP contribution in [0.25, 0.3) is 0 Å². The fraction of sp³-hybridized carbons (Fsp3) is 0.632. The summed E-state index contributed by atoms with van der Waals surface area (Å²) >= 11 is 6.15. The number of benzene rings is 1. The van der Waals surface area contributed by atoms with Crippen molar-refractivity contribution in [3.8, 4) is 0 Å². The molecule has 1 heterocycles. The van der Waals surface area contributed by atoms with Gasteiger partial charge in [0.05, 0.1) is 15.5 Å². The van der Waals surface area contributed by atoms with Crippen molar-refractivity contribution in [2.45, 2.75) is 50.5 Å². The first kappa shape index (κ1) is 22.1. The van der Waals surface area contributed by atoms with Gasteiger partial charge in [0.25, 0.3) is 5.91 Å². The van der Waals surface area contributed by atoms with Crippen LogP contribution < -0.4 is 5.32 Å². The Hall–Kier alpha value is -1.15. The van der Waals surface area contributed by atoms with Crippen LogP contribution in [0.4, 0.5) is 0 Å². The lowest BCUT2D eigenvalue weighted by Crippen LogP contribution is -2.36. The first-order valence-corrected chi connectivity index (χ1v) is 11.3. The van der Waals surface area contributed by atoms with Crippen LogP contribution in [0.1, 0.15) is 49.9 Å². The van der Waals surface area contributed by atoms with Gasteiger partial charge in [0.1, 0.15) is 0 Å². The van der Waals surface area contributed by atoms with E-state index in [-0.39, 0.29) is 27.4 Å². The monoisotopic (exact) mass is 415 g/mol. The zero-order valence-electron chi connectivity index (χ0n) is 16.4. The quantitative estimate of drug-likeness (QED) is 0.743. The molecule has 1 aliphatic rings. The third kappa shape index (κ3) is 5.91. The van der Waals surface area contributed by atoms with Gasteiger partial charge < -0.3 is 10.2 Å². The molecular formula is C19H30ClN3O3S. The zero-order valence-corrected chi connectivity index (χ0v) is 17.9. The van der Waals surface area contributed by atoms with E-state index in [1.807, 2.05) is 0 Å². The molecule has 0 spiro atoms. The van der Waals surface area contributed by atoms with Gasteiger partial charge in [-0.05, 0) is 58.0 Å². The van der Waals surface area contributed by atoms with E-state index in [2.05, 4.69) is 10.2 Å². The Balaban J connectivity index is 2.05. The Kier molecular flexibility index (Phi) is 8.09. The normalized spacial score (nSPS) is 16.5. The molecule has 0 aliphatic carbocycles. The number of hydrogen-bond acceptors (Lipinski definition) is 4. The Morgan fingerprint density at radius 3 is 2.44 bits per heavy atom. The predicted molar refractivity (Wildman–Crippen MR) is 109 cm³/mol. The van der Waals surface area contributed by atoms with Crippen molar-refractivity contribution in [2.75, 3.05) is 33.2 Å². The van der Waals surface area contributed by atoms with Gasteiger partial charge in [-0.1, -0.05) is 24.4 Å². The van der Waals surface area contributed by atoms with E-state index in [0.29, 0.717) is 6.54 Å². The minimum Gasteiger partial charge on any atom is -0.351 e. The summed E-state index contributed by atoms with van der Waals surface area (Å²) in [6.45, 7) is 7.01. The van der Waals surface area contributed by atoms with Gasteiger partial charge >= 0.3 is 0 Å². The molecule has 8 heteroatoms. The second-order valence-electron chi connectivity index (χ2n) is 7.27. The van der Waals surface area contributed by atoms with Crippen molar-refractivity contribution >= 4 is 27.5 Å². The lowest BCUT2D eigenvalue weighted by Gasteiger charge is -2.21. The van der Waals surface area contributed by atoms with Gasteiger partial charge in [-0.2, -0.15) is 4.31 Å². The van der Waals surface area contributed by atoms with Crippen molar-refractivity contribution in [2.24, 2.45) is 0 Å². The summed E-state index contributed by atoms with van der Waals surface area (Å²) in [5, 5.41) is 3.11. The van der Waals surface area contributed by atoms with E-state index in [1.54, 1.807) is 13.8 Å². The number of carbonyl (C=O) groups is 1. The summed E-state index contributed by atoms with van der Waals surface area (Å²) in [5.74, 6) is -0.348. The number of rotatable bonds is 7. The Morgan fingerprint density at radius 1 is 1.22 bits per heavy atom. The Bertz CT molecular complexity index is 745. The van der Waals surface area contributed by atoms with E-state index >= 15 is 0 Å². The maximum atomic E-state index is 12.7. The highest BCUT2D eigenvalue weighted by Crippen LogP contribution is 2.23. The number of nitrogens with zero attached hydrogens (tertiary/aromatic N) is 2. The van der Waals surface area contributed by atoms with Crippen LogP contribution >= 0.6 is 11.6 Å². The van der Waals surface area contributed by atoms with Crippen molar-refractivity contribution in [1.82, 2.24) is 14.5 Å². The highest BCUT2D eigenvalue weighted by Gasteiger charge is 2.25. The summed E-state index contributed by atoms with van der Waals surface area (Å²) in [5.41, 5.74) is 0.186. The number of halogens is 1. The Morgan fingerprint density at radius 2 is 1.85 bits per heavy atom. The SMILES string of the molecule is CC(C)N(C)S(=O)(=O)c1ccc(Cl)c(C(=O)NCCN2CCCCCC2)c1. The van der Waals surface area contributed by atoms with E-state index in [1.165, 1.54) is 55.2 Å². The lowest BCUT2D eigenvalue weighted by molar-refractivity contribution is 0.0948. The van der Waals surface area contributed by atoms with Crippen LogP contribution in [0, 0.1) is 0 Å². The third-order valence-corrected chi connectivity index (χ3v) is 7.36. The second kappa shape index (κ2) is 9.87. The second-order valence-corrected chi connectivity index (χ2v) is 9.67. The van der Waals surface area contributed by atoms with Crippen molar-refractivity contribution in [3.05, 3.63) is 28.8 Å². The molecule has 0 unspecified atom stereocenters. The number of nitrogens with one attached hydrogen (secondary N) is 1. The molecule has 1 N–H and O–H groups in total. The molecule has 6 nitrogen and oxygen atoms in total.